The van der Waals surface area contributed by atoms with Crippen LogP contribution in [0.5, 0.6) is 0 Å². The van der Waals surface area contributed by atoms with Crippen LogP contribution in [0, 0.1) is 0 Å². The summed E-state index contributed by atoms with van der Waals surface area (Å²) in [5, 5.41) is 7.13. The van der Waals surface area contributed by atoms with E-state index in [1.807, 2.05) is 30.3 Å². The number of benzene rings is 2. The molecule has 8 nitrogen and oxygen atoms in total. The van der Waals surface area contributed by atoms with E-state index in [0.717, 1.165) is 5.56 Å². The van der Waals surface area contributed by atoms with Crippen molar-refractivity contribution in [3.05, 3.63) is 81.2 Å². The first-order valence-corrected chi connectivity index (χ1v) is 10.6. The minimum atomic E-state index is -0.953. The molecule has 0 bridgehead atoms. The lowest BCUT2D eigenvalue weighted by Gasteiger charge is -2.23. The fourth-order valence-corrected chi connectivity index (χ4v) is 3.13. The Kier molecular flexibility index (Phi) is 7.50. The molecule has 2 aromatic carbocycles. The number of carbonyl (C=O) groups is 2. The number of halogens is 1. The number of hydrogen-bond acceptors (Lipinski definition) is 6. The van der Waals surface area contributed by atoms with E-state index in [1.165, 1.54) is 18.5 Å². The molecule has 0 radical (unpaired) electrons. The van der Waals surface area contributed by atoms with Crippen LogP contribution >= 0.6 is 11.6 Å². The molecule has 3 aromatic rings. The summed E-state index contributed by atoms with van der Waals surface area (Å²) in [6.07, 6.45) is 1.92. The number of rotatable bonds is 6. The highest BCUT2D eigenvalue weighted by Crippen LogP contribution is 2.16. The maximum atomic E-state index is 12.8. The molecule has 172 valence electrons. The van der Waals surface area contributed by atoms with Gasteiger partial charge in [0.2, 0.25) is 5.43 Å². The number of hydrogen-bond donors (Lipinski definition) is 2. The zero-order valence-electron chi connectivity index (χ0n) is 18.4. The Morgan fingerprint density at radius 2 is 1.91 bits per heavy atom. The molecule has 0 fully saturated rings. The summed E-state index contributed by atoms with van der Waals surface area (Å²) in [6, 6.07) is 13.0. The predicted molar refractivity (Wildman–Crippen MR) is 127 cm³/mol. The van der Waals surface area contributed by atoms with Crippen LogP contribution in [0.15, 0.2) is 69.1 Å². The third kappa shape index (κ3) is 6.92. The summed E-state index contributed by atoms with van der Waals surface area (Å²) < 4.78 is 10.7. The van der Waals surface area contributed by atoms with Gasteiger partial charge in [0, 0.05) is 11.4 Å². The zero-order chi connectivity index (χ0) is 24.0. The second-order valence-corrected chi connectivity index (χ2v) is 8.72. The van der Waals surface area contributed by atoms with Crippen molar-refractivity contribution in [3.63, 3.8) is 0 Å². The minimum Gasteiger partial charge on any atom is -0.463 e. The number of fused-ring (bicyclic) bond motifs is 1. The van der Waals surface area contributed by atoms with E-state index in [-0.39, 0.29) is 17.4 Å². The van der Waals surface area contributed by atoms with Gasteiger partial charge in [0.15, 0.2) is 0 Å². The molecule has 2 N–H and O–H groups in total. The van der Waals surface area contributed by atoms with Crippen LogP contribution in [0.25, 0.3) is 11.0 Å². The fourth-order valence-electron chi connectivity index (χ4n) is 2.96. The molecular weight excluding hydrogens is 446 g/mol. The Bertz CT molecular complexity index is 1230. The van der Waals surface area contributed by atoms with Gasteiger partial charge in [0.25, 0.3) is 5.91 Å². The second-order valence-electron chi connectivity index (χ2n) is 8.28. The second kappa shape index (κ2) is 10.3. The SMILES string of the molecule is CC(C)(C)OC(=O)N[C@@H](Cc1ccccc1)C(=O)N/N=C\c1coc2ccc(Cl)cc2c1=O. The summed E-state index contributed by atoms with van der Waals surface area (Å²) in [7, 11) is 0. The van der Waals surface area contributed by atoms with Gasteiger partial charge < -0.3 is 14.5 Å². The van der Waals surface area contributed by atoms with Crippen LogP contribution in [0.1, 0.15) is 31.9 Å². The number of nitrogens with zero attached hydrogens (tertiary/aromatic N) is 1. The van der Waals surface area contributed by atoms with Gasteiger partial charge in [0.1, 0.15) is 23.5 Å². The molecule has 1 atom stereocenters. The van der Waals surface area contributed by atoms with Gasteiger partial charge in [-0.2, -0.15) is 5.10 Å². The largest absolute Gasteiger partial charge is 0.463 e. The molecule has 0 aliphatic carbocycles. The van der Waals surface area contributed by atoms with Gasteiger partial charge in [-0.1, -0.05) is 41.9 Å². The Morgan fingerprint density at radius 3 is 2.61 bits per heavy atom. The van der Waals surface area contributed by atoms with E-state index in [9.17, 15) is 14.4 Å². The van der Waals surface area contributed by atoms with Gasteiger partial charge in [0.05, 0.1) is 17.2 Å². The lowest BCUT2D eigenvalue weighted by Crippen LogP contribution is -2.48. The molecule has 3 rings (SSSR count). The van der Waals surface area contributed by atoms with Crippen LogP contribution in [-0.4, -0.2) is 29.9 Å². The molecule has 0 aliphatic heterocycles. The quantitative estimate of drug-likeness (QED) is 0.418. The van der Waals surface area contributed by atoms with Crippen molar-refractivity contribution in [2.24, 2.45) is 5.10 Å². The van der Waals surface area contributed by atoms with Gasteiger partial charge in [-0.15, -0.1) is 0 Å². The van der Waals surface area contributed by atoms with Gasteiger partial charge in [-0.05, 0) is 44.5 Å². The van der Waals surface area contributed by atoms with Crippen LogP contribution in [0.2, 0.25) is 5.02 Å². The van der Waals surface area contributed by atoms with E-state index in [4.69, 9.17) is 20.8 Å². The molecule has 0 unspecified atom stereocenters. The molecule has 33 heavy (non-hydrogen) atoms. The Morgan fingerprint density at radius 1 is 1.18 bits per heavy atom. The molecule has 0 saturated heterocycles. The highest BCUT2D eigenvalue weighted by atomic mass is 35.5. The molecule has 0 aliphatic rings. The van der Waals surface area contributed by atoms with E-state index in [1.54, 1.807) is 32.9 Å². The molecule has 0 spiro atoms. The Labute approximate surface area is 195 Å². The average Bonchev–Trinajstić information content (AvgIpc) is 2.74. The maximum absolute atomic E-state index is 12.8. The molecule has 2 amide bonds. The summed E-state index contributed by atoms with van der Waals surface area (Å²) in [5.41, 5.74) is 2.65. The van der Waals surface area contributed by atoms with E-state index >= 15 is 0 Å². The van der Waals surface area contributed by atoms with Crippen LogP contribution in [0.4, 0.5) is 4.79 Å². The van der Waals surface area contributed by atoms with Crippen molar-refractivity contribution in [3.8, 4) is 0 Å². The molecule has 1 heterocycles. The monoisotopic (exact) mass is 469 g/mol. The first-order chi connectivity index (χ1) is 15.6. The lowest BCUT2D eigenvalue weighted by molar-refractivity contribution is -0.123. The predicted octanol–water partition coefficient (Wildman–Crippen LogP) is 4.03. The average molecular weight is 470 g/mol. The summed E-state index contributed by atoms with van der Waals surface area (Å²) >= 11 is 5.96. The van der Waals surface area contributed by atoms with Crippen LogP contribution in [-0.2, 0) is 16.0 Å². The third-order valence-electron chi connectivity index (χ3n) is 4.43. The molecule has 1 aromatic heterocycles. The minimum absolute atomic E-state index is 0.129. The third-order valence-corrected chi connectivity index (χ3v) is 4.66. The number of ether oxygens (including phenoxy) is 1. The molecule has 0 saturated carbocycles. The summed E-state index contributed by atoms with van der Waals surface area (Å²) in [4.78, 5) is 37.6. The van der Waals surface area contributed by atoms with Crippen molar-refractivity contribution in [2.75, 3.05) is 0 Å². The van der Waals surface area contributed by atoms with Crippen molar-refractivity contribution in [2.45, 2.75) is 38.8 Å². The highest BCUT2D eigenvalue weighted by molar-refractivity contribution is 6.31. The topological polar surface area (TPSA) is 110 Å². The standard InChI is InChI=1S/C24H24ClN3O5/c1-24(2,3)33-23(31)27-19(11-15-7-5-4-6-8-15)22(30)28-26-13-16-14-32-20-10-9-17(25)12-18(20)21(16)29/h4-10,12-14,19H,11H2,1-3H3,(H,27,31)(H,28,30)/b26-13-/t19-/m0/s1. The number of carbonyl (C=O) groups excluding carboxylic acids is 2. The van der Waals surface area contributed by atoms with E-state index in [0.29, 0.717) is 16.0 Å². The van der Waals surface area contributed by atoms with Crippen LogP contribution < -0.4 is 16.2 Å². The number of nitrogens with one attached hydrogen (secondary N) is 2. The summed E-state index contributed by atoms with van der Waals surface area (Å²) in [6.45, 7) is 5.18. The van der Waals surface area contributed by atoms with E-state index in [2.05, 4.69) is 15.8 Å². The van der Waals surface area contributed by atoms with E-state index < -0.39 is 23.6 Å². The first kappa shape index (κ1) is 24.0. The number of amides is 2. The highest BCUT2D eigenvalue weighted by Gasteiger charge is 2.24. The van der Waals surface area contributed by atoms with Crippen LogP contribution in [0.3, 0.4) is 0 Å². The van der Waals surface area contributed by atoms with Gasteiger partial charge >= 0.3 is 6.09 Å². The van der Waals surface area contributed by atoms with Crippen molar-refractivity contribution in [1.29, 1.82) is 0 Å². The van der Waals surface area contributed by atoms with Gasteiger partial charge in [-0.25, -0.2) is 10.2 Å². The Hall–Kier alpha value is -3.65. The summed E-state index contributed by atoms with van der Waals surface area (Å²) in [5.74, 6) is -0.575. The molecule has 9 heteroatoms. The maximum Gasteiger partial charge on any atom is 0.408 e. The van der Waals surface area contributed by atoms with Crippen molar-refractivity contribution < 1.29 is 18.7 Å². The normalized spacial score (nSPS) is 12.5. The zero-order valence-corrected chi connectivity index (χ0v) is 19.2. The number of alkyl carbamates (subject to hydrolysis) is 1. The number of hydrazone groups is 1. The molecular formula is C24H24ClN3O5. The smallest absolute Gasteiger partial charge is 0.408 e. The van der Waals surface area contributed by atoms with Crippen molar-refractivity contribution in [1.82, 2.24) is 10.7 Å². The van der Waals surface area contributed by atoms with Gasteiger partial charge in [-0.3, -0.25) is 9.59 Å². The Balaban J connectivity index is 1.75. The first-order valence-electron chi connectivity index (χ1n) is 10.2. The van der Waals surface area contributed by atoms with Crippen molar-refractivity contribution >= 4 is 40.8 Å². The fraction of sp³-hybridized carbons (Fsp3) is 0.250. The lowest BCUT2D eigenvalue weighted by atomic mass is 10.1.